The number of benzene rings is 2. The standard InChI is InChI=1S/C22H25NO5/c1-25-17-5-3-15(11-19(17)26-2)12-21(24)23-14-22(7-8-22)16-4-6-18-20(13-16)28-10-9-27-18/h3-6,11,13H,7-10,12,14H2,1-2H3,(H,23,24). The molecule has 1 amide bonds. The van der Waals surface area contributed by atoms with Gasteiger partial charge in [-0.3, -0.25) is 4.79 Å². The van der Waals surface area contributed by atoms with Crippen molar-refractivity contribution in [2.45, 2.75) is 24.7 Å². The Labute approximate surface area is 164 Å². The molecule has 28 heavy (non-hydrogen) atoms. The Morgan fingerprint density at radius 3 is 2.46 bits per heavy atom. The Balaban J connectivity index is 1.38. The van der Waals surface area contributed by atoms with Gasteiger partial charge in [0.25, 0.3) is 0 Å². The monoisotopic (exact) mass is 383 g/mol. The molecule has 6 nitrogen and oxygen atoms in total. The number of carbonyl (C=O) groups excluding carboxylic acids is 1. The van der Waals surface area contributed by atoms with Gasteiger partial charge in [-0.1, -0.05) is 12.1 Å². The van der Waals surface area contributed by atoms with Gasteiger partial charge in [0.15, 0.2) is 23.0 Å². The van der Waals surface area contributed by atoms with Gasteiger partial charge < -0.3 is 24.3 Å². The molecule has 1 aliphatic carbocycles. The predicted molar refractivity (Wildman–Crippen MR) is 105 cm³/mol. The van der Waals surface area contributed by atoms with E-state index in [0.29, 0.717) is 37.7 Å². The third kappa shape index (κ3) is 3.72. The fraction of sp³-hybridized carbons (Fsp3) is 0.409. The number of amides is 1. The van der Waals surface area contributed by atoms with E-state index in [4.69, 9.17) is 18.9 Å². The lowest BCUT2D eigenvalue weighted by Gasteiger charge is -2.22. The molecule has 0 atom stereocenters. The second-order valence-electron chi connectivity index (χ2n) is 7.28. The van der Waals surface area contributed by atoms with Gasteiger partial charge in [0.1, 0.15) is 13.2 Å². The average molecular weight is 383 g/mol. The first-order valence-corrected chi connectivity index (χ1v) is 9.51. The van der Waals surface area contributed by atoms with Crippen molar-refractivity contribution in [2.75, 3.05) is 34.0 Å². The average Bonchev–Trinajstić information content (AvgIpc) is 3.53. The third-order valence-electron chi connectivity index (χ3n) is 5.44. The van der Waals surface area contributed by atoms with Crippen LogP contribution in [0.25, 0.3) is 0 Å². The third-order valence-corrected chi connectivity index (χ3v) is 5.44. The van der Waals surface area contributed by atoms with E-state index in [-0.39, 0.29) is 11.3 Å². The molecule has 1 fully saturated rings. The number of fused-ring (bicyclic) bond motifs is 1. The first-order chi connectivity index (χ1) is 13.6. The molecule has 2 aliphatic rings. The summed E-state index contributed by atoms with van der Waals surface area (Å²) in [4.78, 5) is 12.5. The lowest BCUT2D eigenvalue weighted by atomic mass is 9.95. The minimum Gasteiger partial charge on any atom is -0.493 e. The zero-order valence-electron chi connectivity index (χ0n) is 16.2. The molecule has 1 N–H and O–H groups in total. The van der Waals surface area contributed by atoms with Crippen LogP contribution in [0.5, 0.6) is 23.0 Å². The quantitative estimate of drug-likeness (QED) is 0.796. The van der Waals surface area contributed by atoms with E-state index >= 15 is 0 Å². The molecular weight excluding hydrogens is 358 g/mol. The molecule has 4 rings (SSSR count). The maximum absolute atomic E-state index is 12.5. The highest BCUT2D eigenvalue weighted by Crippen LogP contribution is 2.49. The Morgan fingerprint density at radius 2 is 1.75 bits per heavy atom. The van der Waals surface area contributed by atoms with E-state index in [2.05, 4.69) is 17.4 Å². The molecule has 0 radical (unpaired) electrons. The normalized spacial score (nSPS) is 16.2. The fourth-order valence-corrected chi connectivity index (χ4v) is 3.60. The van der Waals surface area contributed by atoms with Gasteiger partial charge in [-0.05, 0) is 48.2 Å². The Bertz CT molecular complexity index is 875. The zero-order chi connectivity index (χ0) is 19.6. The number of methoxy groups -OCH3 is 2. The molecule has 1 heterocycles. The van der Waals surface area contributed by atoms with Gasteiger partial charge in [-0.15, -0.1) is 0 Å². The van der Waals surface area contributed by atoms with Crippen molar-refractivity contribution in [1.82, 2.24) is 5.32 Å². The topological polar surface area (TPSA) is 66.0 Å². The summed E-state index contributed by atoms with van der Waals surface area (Å²) >= 11 is 0. The minimum atomic E-state index is -0.00367. The number of rotatable bonds is 7. The van der Waals surface area contributed by atoms with Gasteiger partial charge in [0, 0.05) is 12.0 Å². The molecule has 0 spiro atoms. The highest BCUT2D eigenvalue weighted by molar-refractivity contribution is 5.79. The maximum Gasteiger partial charge on any atom is 0.224 e. The molecule has 0 bridgehead atoms. The molecule has 6 heteroatoms. The maximum atomic E-state index is 12.5. The number of hydrogen-bond donors (Lipinski definition) is 1. The molecule has 1 aliphatic heterocycles. The first kappa shape index (κ1) is 18.5. The zero-order valence-corrected chi connectivity index (χ0v) is 16.2. The van der Waals surface area contributed by atoms with Gasteiger partial charge in [0.2, 0.25) is 5.91 Å². The summed E-state index contributed by atoms with van der Waals surface area (Å²) in [6.45, 7) is 1.79. The fourth-order valence-electron chi connectivity index (χ4n) is 3.60. The highest BCUT2D eigenvalue weighted by Gasteiger charge is 2.44. The van der Waals surface area contributed by atoms with Crippen LogP contribution in [-0.2, 0) is 16.6 Å². The molecule has 0 saturated heterocycles. The highest BCUT2D eigenvalue weighted by atomic mass is 16.6. The lowest BCUT2D eigenvalue weighted by molar-refractivity contribution is -0.120. The van der Waals surface area contributed by atoms with Crippen LogP contribution in [0.15, 0.2) is 36.4 Å². The molecule has 148 valence electrons. The van der Waals surface area contributed by atoms with Crippen molar-refractivity contribution in [1.29, 1.82) is 0 Å². The van der Waals surface area contributed by atoms with Crippen molar-refractivity contribution in [3.63, 3.8) is 0 Å². The van der Waals surface area contributed by atoms with E-state index < -0.39 is 0 Å². The minimum absolute atomic E-state index is 0.00307. The SMILES string of the molecule is COc1ccc(CC(=O)NCC2(c3ccc4c(c3)OCCO4)CC2)cc1OC. The van der Waals surface area contributed by atoms with Crippen LogP contribution in [0.2, 0.25) is 0 Å². The van der Waals surface area contributed by atoms with E-state index in [1.54, 1.807) is 14.2 Å². The summed E-state index contributed by atoms with van der Waals surface area (Å²) in [6.07, 6.45) is 2.42. The molecule has 1 saturated carbocycles. The van der Waals surface area contributed by atoms with Gasteiger partial charge >= 0.3 is 0 Å². The van der Waals surface area contributed by atoms with Crippen LogP contribution >= 0.6 is 0 Å². The largest absolute Gasteiger partial charge is 0.493 e. The number of hydrogen-bond acceptors (Lipinski definition) is 5. The predicted octanol–water partition coefficient (Wildman–Crippen LogP) is 2.87. The van der Waals surface area contributed by atoms with Gasteiger partial charge in [-0.25, -0.2) is 0 Å². The van der Waals surface area contributed by atoms with Gasteiger partial charge in [0.05, 0.1) is 20.6 Å². The molecule has 2 aromatic rings. The van der Waals surface area contributed by atoms with Crippen molar-refractivity contribution in [2.24, 2.45) is 0 Å². The van der Waals surface area contributed by atoms with Crippen molar-refractivity contribution >= 4 is 5.91 Å². The summed E-state index contributed by atoms with van der Waals surface area (Å²) in [6, 6.07) is 11.7. The van der Waals surface area contributed by atoms with Crippen LogP contribution < -0.4 is 24.3 Å². The first-order valence-electron chi connectivity index (χ1n) is 9.51. The summed E-state index contributed by atoms with van der Waals surface area (Å²) in [5, 5.41) is 3.10. The van der Waals surface area contributed by atoms with Crippen LogP contribution in [0, 0.1) is 0 Å². The molecule has 0 aromatic heterocycles. The lowest BCUT2D eigenvalue weighted by Crippen LogP contribution is -2.33. The van der Waals surface area contributed by atoms with E-state index in [0.717, 1.165) is 29.9 Å². The second kappa shape index (κ2) is 7.62. The summed E-state index contributed by atoms with van der Waals surface area (Å²) in [5.74, 6) is 2.87. The molecular formula is C22H25NO5. The number of carbonyl (C=O) groups is 1. The Morgan fingerprint density at radius 1 is 1.00 bits per heavy atom. The summed E-state index contributed by atoms with van der Waals surface area (Å²) in [7, 11) is 3.18. The smallest absolute Gasteiger partial charge is 0.224 e. The van der Waals surface area contributed by atoms with Crippen molar-refractivity contribution in [3.05, 3.63) is 47.5 Å². The van der Waals surface area contributed by atoms with Crippen LogP contribution in [0.1, 0.15) is 24.0 Å². The summed E-state index contributed by atoms with van der Waals surface area (Å²) in [5.41, 5.74) is 2.09. The molecule has 2 aromatic carbocycles. The van der Waals surface area contributed by atoms with E-state index in [1.807, 2.05) is 24.3 Å². The van der Waals surface area contributed by atoms with Crippen LogP contribution in [0.4, 0.5) is 0 Å². The number of nitrogens with one attached hydrogen (secondary N) is 1. The van der Waals surface area contributed by atoms with E-state index in [1.165, 1.54) is 5.56 Å². The summed E-state index contributed by atoms with van der Waals surface area (Å²) < 4.78 is 21.8. The van der Waals surface area contributed by atoms with Crippen molar-refractivity contribution in [3.8, 4) is 23.0 Å². The van der Waals surface area contributed by atoms with Gasteiger partial charge in [-0.2, -0.15) is 0 Å². The number of ether oxygens (including phenoxy) is 4. The Hall–Kier alpha value is -2.89. The second-order valence-corrected chi connectivity index (χ2v) is 7.28. The van der Waals surface area contributed by atoms with E-state index in [9.17, 15) is 4.79 Å². The van der Waals surface area contributed by atoms with Crippen molar-refractivity contribution < 1.29 is 23.7 Å². The van der Waals surface area contributed by atoms with Crippen LogP contribution in [0.3, 0.4) is 0 Å². The van der Waals surface area contributed by atoms with Crippen LogP contribution in [-0.4, -0.2) is 39.9 Å². The molecule has 0 unspecified atom stereocenters. The Kier molecular flexibility index (Phi) is 5.03.